The van der Waals surface area contributed by atoms with Crippen molar-refractivity contribution in [2.75, 3.05) is 26.9 Å². The molecular formula is C18H27N3O3. The third-order valence-corrected chi connectivity index (χ3v) is 5.85. The van der Waals surface area contributed by atoms with E-state index in [1.165, 1.54) is 19.3 Å². The predicted molar refractivity (Wildman–Crippen MR) is 88.9 cm³/mol. The highest BCUT2D eigenvalue weighted by Crippen LogP contribution is 2.34. The van der Waals surface area contributed by atoms with E-state index in [9.17, 15) is 4.79 Å². The zero-order valence-corrected chi connectivity index (χ0v) is 14.4. The Bertz CT molecular complexity index is 577. The largest absolute Gasteiger partial charge is 0.381 e. The van der Waals surface area contributed by atoms with Crippen LogP contribution in [0.1, 0.15) is 48.4 Å². The Kier molecular flexibility index (Phi) is 4.59. The Hall–Kier alpha value is -1.40. The molecule has 1 saturated carbocycles. The van der Waals surface area contributed by atoms with Crippen molar-refractivity contribution in [1.82, 2.24) is 14.5 Å². The van der Waals surface area contributed by atoms with Crippen LogP contribution in [0.2, 0.25) is 0 Å². The summed E-state index contributed by atoms with van der Waals surface area (Å²) in [6.45, 7) is 2.86. The van der Waals surface area contributed by atoms with E-state index in [1.807, 2.05) is 11.1 Å². The van der Waals surface area contributed by atoms with Crippen LogP contribution in [0, 0.1) is 5.92 Å². The summed E-state index contributed by atoms with van der Waals surface area (Å²) in [5.41, 5.74) is 0.603. The maximum absolute atomic E-state index is 13.1. The van der Waals surface area contributed by atoms with Crippen LogP contribution in [0.25, 0.3) is 0 Å². The number of morpholine rings is 1. The van der Waals surface area contributed by atoms with Crippen LogP contribution in [-0.4, -0.2) is 59.4 Å². The lowest BCUT2D eigenvalue weighted by Gasteiger charge is -2.40. The highest BCUT2D eigenvalue weighted by atomic mass is 16.5. The minimum absolute atomic E-state index is 0.0620. The molecule has 6 heteroatoms. The van der Waals surface area contributed by atoms with Crippen LogP contribution in [0.4, 0.5) is 0 Å². The predicted octanol–water partition coefficient (Wildman–Crippen LogP) is 1.88. The molecule has 2 fully saturated rings. The van der Waals surface area contributed by atoms with Crippen LogP contribution < -0.4 is 0 Å². The molecule has 0 unspecified atom stereocenters. The first-order chi connectivity index (χ1) is 11.8. The number of carbonyl (C=O) groups excluding carboxylic acids is 1. The normalized spacial score (nSPS) is 30.4. The van der Waals surface area contributed by atoms with Gasteiger partial charge in [0.1, 0.15) is 11.5 Å². The summed E-state index contributed by atoms with van der Waals surface area (Å²) in [6, 6.07) is 0.109. The second-order valence-electron chi connectivity index (χ2n) is 7.20. The van der Waals surface area contributed by atoms with Crippen molar-refractivity contribution in [3.05, 3.63) is 17.7 Å². The number of fused-ring (bicyclic) bond motifs is 1. The van der Waals surface area contributed by atoms with Crippen molar-refractivity contribution in [1.29, 1.82) is 0 Å². The lowest BCUT2D eigenvalue weighted by molar-refractivity contribution is -0.0462. The molecule has 0 bridgehead atoms. The van der Waals surface area contributed by atoms with E-state index in [2.05, 4.69) is 9.55 Å². The zero-order valence-electron chi connectivity index (χ0n) is 14.4. The monoisotopic (exact) mass is 333 g/mol. The number of aromatic nitrogens is 2. The van der Waals surface area contributed by atoms with E-state index >= 15 is 0 Å². The molecule has 1 aliphatic carbocycles. The molecule has 1 aromatic heterocycles. The minimum Gasteiger partial charge on any atom is -0.381 e. The third-order valence-electron chi connectivity index (χ3n) is 5.85. The lowest BCUT2D eigenvalue weighted by Crippen LogP contribution is -2.53. The van der Waals surface area contributed by atoms with Gasteiger partial charge in [-0.25, -0.2) is 4.98 Å². The van der Waals surface area contributed by atoms with Crippen molar-refractivity contribution < 1.29 is 14.3 Å². The van der Waals surface area contributed by atoms with Gasteiger partial charge in [0.15, 0.2) is 0 Å². The number of hydrogen-bond acceptors (Lipinski definition) is 4. The van der Waals surface area contributed by atoms with Gasteiger partial charge in [-0.1, -0.05) is 6.42 Å². The molecule has 1 saturated heterocycles. The first kappa shape index (κ1) is 16.1. The standard InChI is InChI=1S/C18H27N3O3/c1-23-16-6-4-5-13(16)15-12-24-10-9-21(15)18(22)14-11-20-8-3-2-7-17(20)19-14/h11,13,15-16H,2-10,12H2,1H3/t13-,15+,16+/m0/s1. The average Bonchev–Trinajstić information content (AvgIpc) is 3.27. The topological polar surface area (TPSA) is 56.6 Å². The quantitative estimate of drug-likeness (QED) is 0.847. The molecule has 4 rings (SSSR count). The van der Waals surface area contributed by atoms with Gasteiger partial charge in [0, 0.05) is 38.7 Å². The molecule has 1 aromatic rings. The van der Waals surface area contributed by atoms with Crippen LogP contribution in [0.15, 0.2) is 6.20 Å². The molecule has 0 spiro atoms. The molecule has 0 radical (unpaired) electrons. The SMILES string of the molecule is CO[C@@H]1CCC[C@H]1[C@H]1COCCN1C(=O)c1cn2c(n1)CCCC2. The van der Waals surface area contributed by atoms with E-state index in [4.69, 9.17) is 9.47 Å². The zero-order chi connectivity index (χ0) is 16.5. The number of carbonyl (C=O) groups is 1. The third kappa shape index (κ3) is 2.86. The minimum atomic E-state index is 0.0620. The van der Waals surface area contributed by atoms with Gasteiger partial charge in [-0.15, -0.1) is 0 Å². The van der Waals surface area contributed by atoms with Gasteiger partial charge in [0.05, 0.1) is 25.4 Å². The fraction of sp³-hybridized carbons (Fsp3) is 0.778. The summed E-state index contributed by atoms with van der Waals surface area (Å²) in [4.78, 5) is 19.8. The summed E-state index contributed by atoms with van der Waals surface area (Å²) >= 11 is 0. The molecule has 6 nitrogen and oxygen atoms in total. The van der Waals surface area contributed by atoms with Gasteiger partial charge in [-0.05, 0) is 25.7 Å². The number of methoxy groups -OCH3 is 1. The van der Waals surface area contributed by atoms with E-state index in [1.54, 1.807) is 7.11 Å². The van der Waals surface area contributed by atoms with Crippen LogP contribution in [-0.2, 0) is 22.4 Å². The smallest absolute Gasteiger partial charge is 0.274 e. The summed E-state index contributed by atoms with van der Waals surface area (Å²) < 4.78 is 13.5. The molecule has 1 amide bonds. The second kappa shape index (κ2) is 6.84. The van der Waals surface area contributed by atoms with E-state index in [0.29, 0.717) is 31.4 Å². The maximum atomic E-state index is 13.1. The Morgan fingerprint density at radius 1 is 1.29 bits per heavy atom. The highest BCUT2D eigenvalue weighted by Gasteiger charge is 2.41. The van der Waals surface area contributed by atoms with Gasteiger partial charge >= 0.3 is 0 Å². The van der Waals surface area contributed by atoms with Crippen molar-refractivity contribution in [3.8, 4) is 0 Å². The van der Waals surface area contributed by atoms with Gasteiger partial charge < -0.3 is 18.9 Å². The van der Waals surface area contributed by atoms with Crippen LogP contribution in [0.5, 0.6) is 0 Å². The molecule has 3 heterocycles. The molecule has 132 valence electrons. The van der Waals surface area contributed by atoms with Crippen LogP contribution in [0.3, 0.4) is 0 Å². The molecule has 2 aliphatic heterocycles. The molecular weight excluding hydrogens is 306 g/mol. The Balaban J connectivity index is 1.55. The summed E-state index contributed by atoms with van der Waals surface area (Å²) in [7, 11) is 1.78. The molecule has 0 N–H and O–H groups in total. The summed E-state index contributed by atoms with van der Waals surface area (Å²) in [6.07, 6.45) is 8.87. The highest BCUT2D eigenvalue weighted by molar-refractivity contribution is 5.92. The number of amides is 1. The number of rotatable bonds is 3. The van der Waals surface area contributed by atoms with Crippen molar-refractivity contribution in [2.45, 2.75) is 57.2 Å². The number of imidazole rings is 1. The maximum Gasteiger partial charge on any atom is 0.274 e. The Morgan fingerprint density at radius 3 is 3.04 bits per heavy atom. The van der Waals surface area contributed by atoms with Gasteiger partial charge in [-0.3, -0.25) is 4.79 Å². The van der Waals surface area contributed by atoms with E-state index < -0.39 is 0 Å². The number of ether oxygens (including phenoxy) is 2. The number of aryl methyl sites for hydroxylation is 2. The number of hydrogen-bond donors (Lipinski definition) is 0. The molecule has 3 aliphatic rings. The van der Waals surface area contributed by atoms with Crippen LogP contribution >= 0.6 is 0 Å². The van der Waals surface area contributed by atoms with Crippen molar-refractivity contribution >= 4 is 5.91 Å². The fourth-order valence-electron chi connectivity index (χ4n) is 4.58. The van der Waals surface area contributed by atoms with Crippen molar-refractivity contribution in [2.24, 2.45) is 5.92 Å². The Labute approximate surface area is 143 Å². The number of nitrogens with zero attached hydrogens (tertiary/aromatic N) is 3. The average molecular weight is 333 g/mol. The lowest BCUT2D eigenvalue weighted by atomic mass is 9.94. The fourth-order valence-corrected chi connectivity index (χ4v) is 4.58. The first-order valence-electron chi connectivity index (χ1n) is 9.25. The molecule has 0 aromatic carbocycles. The van der Waals surface area contributed by atoms with Gasteiger partial charge in [-0.2, -0.15) is 0 Å². The summed E-state index contributed by atoms with van der Waals surface area (Å²) in [5, 5.41) is 0. The first-order valence-corrected chi connectivity index (χ1v) is 9.25. The molecule has 24 heavy (non-hydrogen) atoms. The van der Waals surface area contributed by atoms with E-state index in [-0.39, 0.29) is 18.1 Å². The van der Waals surface area contributed by atoms with E-state index in [0.717, 1.165) is 31.6 Å². The van der Waals surface area contributed by atoms with Gasteiger partial charge in [0.25, 0.3) is 5.91 Å². The summed E-state index contributed by atoms with van der Waals surface area (Å²) in [5.74, 6) is 1.49. The van der Waals surface area contributed by atoms with Gasteiger partial charge in [0.2, 0.25) is 0 Å². The second-order valence-corrected chi connectivity index (χ2v) is 7.20. The Morgan fingerprint density at radius 2 is 2.21 bits per heavy atom. The molecule has 3 atom stereocenters. The van der Waals surface area contributed by atoms with Crippen molar-refractivity contribution in [3.63, 3.8) is 0 Å².